The Hall–Kier alpha value is -1.02. The molecule has 0 amide bonds. The van der Waals surface area contributed by atoms with Gasteiger partial charge in [-0.15, -0.1) is 24.0 Å². The van der Waals surface area contributed by atoms with Crippen molar-refractivity contribution in [3.8, 4) is 5.75 Å². The number of nitrogens with zero attached hydrogens (tertiary/aromatic N) is 2. The largest absolute Gasteiger partial charge is 0.496 e. The fourth-order valence-corrected chi connectivity index (χ4v) is 2.14. The molecule has 0 fully saturated rings. The Morgan fingerprint density at radius 3 is 2.61 bits per heavy atom. The quantitative estimate of drug-likeness (QED) is 0.295. The van der Waals surface area contributed by atoms with Crippen molar-refractivity contribution in [1.29, 1.82) is 0 Å². The maximum Gasteiger partial charge on any atom is 0.193 e. The maximum absolute atomic E-state index is 5.53. The zero-order chi connectivity index (χ0) is 16.4. The number of hydrogen-bond donors (Lipinski definition) is 1. The molecule has 0 aromatic heterocycles. The fourth-order valence-electron chi connectivity index (χ4n) is 2.14. The second kappa shape index (κ2) is 12.4. The van der Waals surface area contributed by atoms with E-state index in [4.69, 9.17) is 9.47 Å². The molecule has 5 nitrogen and oxygen atoms in total. The van der Waals surface area contributed by atoms with E-state index in [1.54, 1.807) is 14.2 Å². The van der Waals surface area contributed by atoms with Crippen LogP contribution in [-0.4, -0.2) is 51.3 Å². The summed E-state index contributed by atoms with van der Waals surface area (Å²) in [5, 5.41) is 3.36. The topological polar surface area (TPSA) is 46.1 Å². The van der Waals surface area contributed by atoms with Gasteiger partial charge in [0.15, 0.2) is 5.96 Å². The maximum atomic E-state index is 5.53. The normalized spacial score (nSPS) is 11.1. The third-order valence-corrected chi connectivity index (χ3v) is 3.23. The molecule has 6 heteroatoms. The Balaban J connectivity index is 0.00000484. The summed E-state index contributed by atoms with van der Waals surface area (Å²) in [6.07, 6.45) is 1.24. The van der Waals surface area contributed by atoms with Crippen LogP contribution in [0.3, 0.4) is 0 Å². The number of aliphatic imine (C=N–C) groups is 1. The van der Waals surface area contributed by atoms with Gasteiger partial charge in [0.25, 0.3) is 0 Å². The van der Waals surface area contributed by atoms with E-state index in [0.717, 1.165) is 43.4 Å². The summed E-state index contributed by atoms with van der Waals surface area (Å²) in [5.74, 6) is 1.77. The standard InChI is InChI=1S/C17H29N3O2.HI/c1-14(2)22-12-8-11-19-17(18-3)20(4)13-15-9-6-7-10-16(15)21-5;/h6-7,9-10,14H,8,11-13H2,1-5H3,(H,18,19);1H. The summed E-state index contributed by atoms with van der Waals surface area (Å²) >= 11 is 0. The van der Waals surface area contributed by atoms with Crippen molar-refractivity contribution in [1.82, 2.24) is 10.2 Å². The molecule has 1 aromatic carbocycles. The predicted octanol–water partition coefficient (Wildman–Crippen LogP) is 3.14. The van der Waals surface area contributed by atoms with Gasteiger partial charge in [0, 0.05) is 39.4 Å². The van der Waals surface area contributed by atoms with Crippen LogP contribution in [0.25, 0.3) is 0 Å². The summed E-state index contributed by atoms with van der Waals surface area (Å²) in [6.45, 7) is 6.44. The molecular weight excluding hydrogens is 405 g/mol. The minimum Gasteiger partial charge on any atom is -0.496 e. The Morgan fingerprint density at radius 2 is 2.00 bits per heavy atom. The molecule has 0 saturated carbocycles. The number of rotatable bonds is 8. The third-order valence-electron chi connectivity index (χ3n) is 3.23. The highest BCUT2D eigenvalue weighted by Gasteiger charge is 2.09. The second-order valence-corrected chi connectivity index (χ2v) is 5.41. The monoisotopic (exact) mass is 435 g/mol. The van der Waals surface area contributed by atoms with Gasteiger partial charge in [0.2, 0.25) is 0 Å². The Morgan fingerprint density at radius 1 is 1.30 bits per heavy atom. The summed E-state index contributed by atoms with van der Waals surface area (Å²) in [5.41, 5.74) is 1.14. The molecule has 0 spiro atoms. The predicted molar refractivity (Wildman–Crippen MR) is 107 cm³/mol. The lowest BCUT2D eigenvalue weighted by molar-refractivity contribution is 0.0776. The highest BCUT2D eigenvalue weighted by atomic mass is 127. The molecule has 0 unspecified atom stereocenters. The van der Waals surface area contributed by atoms with Crippen LogP contribution in [0.15, 0.2) is 29.3 Å². The van der Waals surface area contributed by atoms with E-state index in [-0.39, 0.29) is 30.1 Å². The Bertz CT molecular complexity index is 467. The van der Waals surface area contributed by atoms with Gasteiger partial charge < -0.3 is 19.7 Å². The van der Waals surface area contributed by atoms with Crippen LogP contribution in [0.4, 0.5) is 0 Å². The van der Waals surface area contributed by atoms with E-state index in [0.29, 0.717) is 0 Å². The first kappa shape index (κ1) is 22.0. The number of ether oxygens (including phenoxy) is 2. The molecule has 23 heavy (non-hydrogen) atoms. The van der Waals surface area contributed by atoms with Gasteiger partial charge in [-0.2, -0.15) is 0 Å². The molecular formula is C17H30IN3O2. The molecule has 0 radical (unpaired) electrons. The first-order chi connectivity index (χ1) is 10.6. The lowest BCUT2D eigenvalue weighted by Gasteiger charge is -2.23. The Labute approximate surface area is 157 Å². The highest BCUT2D eigenvalue weighted by molar-refractivity contribution is 14.0. The van der Waals surface area contributed by atoms with Crippen molar-refractivity contribution in [3.63, 3.8) is 0 Å². The van der Waals surface area contributed by atoms with Gasteiger partial charge in [0.05, 0.1) is 13.2 Å². The molecule has 0 heterocycles. The number of methoxy groups -OCH3 is 1. The molecule has 132 valence electrons. The molecule has 0 atom stereocenters. The minimum absolute atomic E-state index is 0. The van der Waals surface area contributed by atoms with Crippen LogP contribution in [0, 0.1) is 0 Å². The van der Waals surface area contributed by atoms with Crippen LogP contribution in [0.5, 0.6) is 5.75 Å². The lowest BCUT2D eigenvalue weighted by atomic mass is 10.2. The molecule has 0 bridgehead atoms. The molecule has 0 aliphatic heterocycles. The van der Waals surface area contributed by atoms with Crippen LogP contribution in [-0.2, 0) is 11.3 Å². The fraction of sp³-hybridized carbons (Fsp3) is 0.588. The van der Waals surface area contributed by atoms with Gasteiger partial charge in [-0.3, -0.25) is 4.99 Å². The first-order valence-electron chi connectivity index (χ1n) is 7.73. The van der Waals surface area contributed by atoms with Crippen LogP contribution < -0.4 is 10.1 Å². The van der Waals surface area contributed by atoms with Gasteiger partial charge in [-0.1, -0.05) is 18.2 Å². The van der Waals surface area contributed by atoms with Crippen LogP contribution in [0.1, 0.15) is 25.8 Å². The van der Waals surface area contributed by atoms with Crippen molar-refractivity contribution < 1.29 is 9.47 Å². The van der Waals surface area contributed by atoms with Crippen molar-refractivity contribution in [2.45, 2.75) is 32.9 Å². The number of benzene rings is 1. The number of guanidine groups is 1. The molecule has 0 aliphatic rings. The van der Waals surface area contributed by atoms with Gasteiger partial charge >= 0.3 is 0 Å². The summed E-state index contributed by atoms with van der Waals surface area (Å²) in [6, 6.07) is 8.04. The third kappa shape index (κ3) is 8.41. The average molecular weight is 435 g/mol. The average Bonchev–Trinajstić information content (AvgIpc) is 2.51. The second-order valence-electron chi connectivity index (χ2n) is 5.41. The van der Waals surface area contributed by atoms with E-state index < -0.39 is 0 Å². The number of hydrogen-bond acceptors (Lipinski definition) is 3. The zero-order valence-corrected chi connectivity index (χ0v) is 17.2. The van der Waals surface area contributed by atoms with Gasteiger partial charge in [0.1, 0.15) is 5.75 Å². The highest BCUT2D eigenvalue weighted by Crippen LogP contribution is 2.18. The summed E-state index contributed by atoms with van der Waals surface area (Å²) in [7, 11) is 5.51. The van der Waals surface area contributed by atoms with E-state index in [2.05, 4.69) is 21.3 Å². The number of nitrogens with one attached hydrogen (secondary N) is 1. The molecule has 0 saturated heterocycles. The van der Waals surface area contributed by atoms with Crippen molar-refractivity contribution >= 4 is 29.9 Å². The van der Waals surface area contributed by atoms with Gasteiger partial charge in [-0.05, 0) is 26.3 Å². The minimum atomic E-state index is 0. The summed E-state index contributed by atoms with van der Waals surface area (Å²) < 4.78 is 10.9. The van der Waals surface area contributed by atoms with E-state index in [1.807, 2.05) is 39.1 Å². The summed E-state index contributed by atoms with van der Waals surface area (Å²) in [4.78, 5) is 6.41. The molecule has 1 aromatic rings. The van der Waals surface area contributed by atoms with E-state index in [1.165, 1.54) is 0 Å². The SMILES string of the molecule is CN=C(NCCCOC(C)C)N(C)Cc1ccccc1OC.I. The van der Waals surface area contributed by atoms with Crippen LogP contribution >= 0.6 is 24.0 Å². The molecule has 1 rings (SSSR count). The smallest absolute Gasteiger partial charge is 0.193 e. The molecule has 0 aliphatic carbocycles. The molecule has 1 N–H and O–H groups in total. The lowest BCUT2D eigenvalue weighted by Crippen LogP contribution is -2.39. The van der Waals surface area contributed by atoms with Crippen LogP contribution in [0.2, 0.25) is 0 Å². The number of para-hydroxylation sites is 1. The van der Waals surface area contributed by atoms with Gasteiger partial charge in [-0.25, -0.2) is 0 Å². The van der Waals surface area contributed by atoms with E-state index >= 15 is 0 Å². The first-order valence-corrected chi connectivity index (χ1v) is 7.73. The van der Waals surface area contributed by atoms with Crippen molar-refractivity contribution in [2.24, 2.45) is 4.99 Å². The van der Waals surface area contributed by atoms with Crippen molar-refractivity contribution in [3.05, 3.63) is 29.8 Å². The Kier molecular flexibility index (Phi) is 11.9. The van der Waals surface area contributed by atoms with E-state index in [9.17, 15) is 0 Å². The zero-order valence-electron chi connectivity index (χ0n) is 14.8. The van der Waals surface area contributed by atoms with Crippen molar-refractivity contribution in [2.75, 3.05) is 34.4 Å². The number of halogens is 1.